The molecule has 182 valence electrons. The molecular formula is C24H31ClN6O3. The Hall–Kier alpha value is -3.01. The third kappa shape index (κ3) is 7.79. The van der Waals surface area contributed by atoms with Crippen molar-refractivity contribution in [2.75, 3.05) is 18.0 Å². The minimum atomic E-state index is -0.721. The van der Waals surface area contributed by atoms with Gasteiger partial charge < -0.3 is 15.2 Å². The number of aliphatic hydroxyl groups excluding tert-OH is 1. The minimum absolute atomic E-state index is 0.124. The van der Waals surface area contributed by atoms with Crippen molar-refractivity contribution in [1.29, 1.82) is 0 Å². The number of hydrogen-bond donors (Lipinski definition) is 3. The number of nitrogens with one attached hydrogen (secondary N) is 2. The molecule has 0 aliphatic heterocycles. The van der Waals surface area contributed by atoms with Gasteiger partial charge in [-0.15, -0.1) is 5.10 Å². The number of ether oxygens (including phenoxy) is 1. The van der Waals surface area contributed by atoms with Crippen LogP contribution in [-0.2, 0) is 11.2 Å². The lowest BCUT2D eigenvalue weighted by Crippen LogP contribution is -2.45. The third-order valence-corrected chi connectivity index (χ3v) is 5.21. The van der Waals surface area contributed by atoms with Gasteiger partial charge in [0, 0.05) is 36.3 Å². The standard InChI is InChI=1S/C24H31ClN6O3/c1-16(26-14-21(32)18-6-5-7-19(25)13-18)15-31(23(33)34-24(2,3)4)20-10-8-17(9-11-20)12-22-27-29-30-28-22/h5-11,13,16,21,26,32H,12,14-15H2,1-4H3,(H,27,28,29,30)/t16-,21+/m1/s1. The van der Waals surface area contributed by atoms with E-state index >= 15 is 0 Å². The van der Waals surface area contributed by atoms with Gasteiger partial charge >= 0.3 is 6.09 Å². The van der Waals surface area contributed by atoms with Gasteiger partial charge in [-0.2, -0.15) is 0 Å². The van der Waals surface area contributed by atoms with Gasteiger partial charge in [0.05, 0.1) is 6.10 Å². The molecule has 10 heteroatoms. The summed E-state index contributed by atoms with van der Waals surface area (Å²) in [6, 6.07) is 14.6. The van der Waals surface area contributed by atoms with Crippen LogP contribution in [0.3, 0.4) is 0 Å². The number of carbonyl (C=O) groups excluding carboxylic acids is 1. The summed E-state index contributed by atoms with van der Waals surface area (Å²) in [5, 5.41) is 28.2. The molecule has 9 nitrogen and oxygen atoms in total. The predicted octanol–water partition coefficient (Wildman–Crippen LogP) is 3.90. The molecule has 2 atom stereocenters. The zero-order valence-corrected chi connectivity index (χ0v) is 20.6. The molecule has 0 aliphatic carbocycles. The van der Waals surface area contributed by atoms with Crippen LogP contribution in [0.5, 0.6) is 0 Å². The first kappa shape index (κ1) is 25.6. The summed E-state index contributed by atoms with van der Waals surface area (Å²) in [7, 11) is 0. The average Bonchev–Trinajstić information content (AvgIpc) is 3.28. The molecule has 0 spiro atoms. The molecule has 34 heavy (non-hydrogen) atoms. The van der Waals surface area contributed by atoms with Gasteiger partial charge in [-0.3, -0.25) is 4.90 Å². The molecule has 0 aliphatic rings. The van der Waals surface area contributed by atoms with Gasteiger partial charge in [-0.25, -0.2) is 9.89 Å². The van der Waals surface area contributed by atoms with Crippen molar-refractivity contribution >= 4 is 23.4 Å². The van der Waals surface area contributed by atoms with E-state index < -0.39 is 17.8 Å². The van der Waals surface area contributed by atoms with Gasteiger partial charge in [-0.05, 0) is 73.5 Å². The molecule has 2 aromatic carbocycles. The van der Waals surface area contributed by atoms with Crippen molar-refractivity contribution in [2.24, 2.45) is 0 Å². The van der Waals surface area contributed by atoms with Crippen molar-refractivity contribution in [3.63, 3.8) is 0 Å². The number of aromatic amines is 1. The van der Waals surface area contributed by atoms with Crippen LogP contribution in [0, 0.1) is 0 Å². The highest BCUT2D eigenvalue weighted by molar-refractivity contribution is 6.30. The van der Waals surface area contributed by atoms with E-state index in [-0.39, 0.29) is 6.04 Å². The SMILES string of the molecule is C[C@H](CN(C(=O)OC(C)(C)C)c1ccc(Cc2nnn[nH]2)cc1)NC[C@H](O)c1cccc(Cl)c1. The number of H-pyrrole nitrogens is 1. The number of tetrazole rings is 1. The fourth-order valence-electron chi connectivity index (χ4n) is 3.33. The Kier molecular flexibility index (Phi) is 8.60. The maximum Gasteiger partial charge on any atom is 0.414 e. The number of nitrogens with zero attached hydrogens (tertiary/aromatic N) is 4. The lowest BCUT2D eigenvalue weighted by Gasteiger charge is -2.30. The topological polar surface area (TPSA) is 116 Å². The summed E-state index contributed by atoms with van der Waals surface area (Å²) in [6.45, 7) is 8.12. The monoisotopic (exact) mass is 486 g/mol. The van der Waals surface area contributed by atoms with Crippen molar-refractivity contribution in [3.05, 3.63) is 70.5 Å². The summed E-state index contributed by atoms with van der Waals surface area (Å²) in [6.07, 6.45) is -0.608. The molecule has 0 unspecified atom stereocenters. The summed E-state index contributed by atoms with van der Waals surface area (Å²) in [4.78, 5) is 14.6. The predicted molar refractivity (Wildman–Crippen MR) is 131 cm³/mol. The fraction of sp³-hybridized carbons (Fsp3) is 0.417. The van der Waals surface area contributed by atoms with Crippen molar-refractivity contribution in [3.8, 4) is 0 Å². The van der Waals surface area contributed by atoms with Gasteiger partial charge in [-0.1, -0.05) is 35.9 Å². The lowest BCUT2D eigenvalue weighted by molar-refractivity contribution is 0.0577. The molecule has 3 aromatic rings. The Balaban J connectivity index is 1.67. The number of hydrogen-bond acceptors (Lipinski definition) is 7. The number of halogens is 1. The minimum Gasteiger partial charge on any atom is -0.443 e. The highest BCUT2D eigenvalue weighted by Gasteiger charge is 2.25. The molecule has 3 N–H and O–H groups in total. The molecule has 0 bridgehead atoms. The van der Waals surface area contributed by atoms with Crippen LogP contribution in [0.25, 0.3) is 0 Å². The highest BCUT2D eigenvalue weighted by atomic mass is 35.5. The van der Waals surface area contributed by atoms with Crippen LogP contribution in [0.15, 0.2) is 48.5 Å². The van der Waals surface area contributed by atoms with E-state index in [1.165, 1.54) is 0 Å². The smallest absolute Gasteiger partial charge is 0.414 e. The second-order valence-electron chi connectivity index (χ2n) is 9.16. The number of aromatic nitrogens is 4. The second kappa shape index (κ2) is 11.4. The van der Waals surface area contributed by atoms with Crippen LogP contribution in [0.2, 0.25) is 5.02 Å². The van der Waals surface area contributed by atoms with Gasteiger partial charge in [0.2, 0.25) is 0 Å². The summed E-state index contributed by atoms with van der Waals surface area (Å²) in [5.74, 6) is 0.660. The van der Waals surface area contributed by atoms with E-state index in [2.05, 4.69) is 25.9 Å². The average molecular weight is 487 g/mol. The second-order valence-corrected chi connectivity index (χ2v) is 9.60. The summed E-state index contributed by atoms with van der Waals surface area (Å²) < 4.78 is 5.64. The molecule has 3 rings (SSSR count). The first-order chi connectivity index (χ1) is 16.1. The van der Waals surface area contributed by atoms with Crippen molar-refractivity contribution < 1.29 is 14.6 Å². The van der Waals surface area contributed by atoms with Crippen molar-refractivity contribution in [1.82, 2.24) is 25.9 Å². The summed E-state index contributed by atoms with van der Waals surface area (Å²) in [5.41, 5.74) is 1.81. The third-order valence-electron chi connectivity index (χ3n) is 4.97. The Morgan fingerprint density at radius 1 is 1.24 bits per heavy atom. The largest absolute Gasteiger partial charge is 0.443 e. The molecule has 0 saturated carbocycles. The zero-order chi connectivity index (χ0) is 24.7. The highest BCUT2D eigenvalue weighted by Crippen LogP contribution is 2.21. The zero-order valence-electron chi connectivity index (χ0n) is 19.8. The number of carbonyl (C=O) groups is 1. The Labute approximate surface area is 204 Å². The molecular weight excluding hydrogens is 456 g/mol. The molecule has 0 radical (unpaired) electrons. The van der Waals surface area contributed by atoms with E-state index in [4.69, 9.17) is 16.3 Å². The van der Waals surface area contributed by atoms with Gasteiger partial charge in [0.25, 0.3) is 0 Å². The molecule has 1 heterocycles. The number of amides is 1. The Bertz CT molecular complexity index is 1050. The molecule has 0 fully saturated rings. The molecule has 1 amide bonds. The van der Waals surface area contributed by atoms with E-state index in [1.54, 1.807) is 23.1 Å². The van der Waals surface area contributed by atoms with E-state index in [9.17, 15) is 9.90 Å². The molecule has 1 aromatic heterocycles. The maximum atomic E-state index is 13.0. The van der Waals surface area contributed by atoms with E-state index in [0.29, 0.717) is 36.0 Å². The first-order valence-electron chi connectivity index (χ1n) is 11.1. The van der Waals surface area contributed by atoms with Gasteiger partial charge in [0.15, 0.2) is 5.82 Å². The van der Waals surface area contributed by atoms with Crippen LogP contribution in [0.1, 0.15) is 50.8 Å². The van der Waals surface area contributed by atoms with Crippen LogP contribution < -0.4 is 10.2 Å². The van der Waals surface area contributed by atoms with Crippen LogP contribution >= 0.6 is 11.6 Å². The Morgan fingerprint density at radius 3 is 2.59 bits per heavy atom. The van der Waals surface area contributed by atoms with E-state index in [1.807, 2.05) is 58.0 Å². The number of aliphatic hydroxyl groups is 1. The maximum absolute atomic E-state index is 13.0. The number of anilines is 1. The van der Waals surface area contributed by atoms with Gasteiger partial charge in [0.1, 0.15) is 5.60 Å². The van der Waals surface area contributed by atoms with Crippen LogP contribution in [-0.4, -0.2) is 56.6 Å². The quantitative estimate of drug-likeness (QED) is 0.420. The van der Waals surface area contributed by atoms with Crippen LogP contribution in [0.4, 0.5) is 10.5 Å². The summed E-state index contributed by atoms with van der Waals surface area (Å²) >= 11 is 6.03. The number of rotatable bonds is 9. The molecule has 0 saturated heterocycles. The number of benzene rings is 2. The lowest BCUT2D eigenvalue weighted by atomic mass is 10.1. The Morgan fingerprint density at radius 2 is 1.97 bits per heavy atom. The van der Waals surface area contributed by atoms with E-state index in [0.717, 1.165) is 11.1 Å². The first-order valence-corrected chi connectivity index (χ1v) is 11.5. The van der Waals surface area contributed by atoms with Crippen molar-refractivity contribution in [2.45, 2.75) is 51.9 Å². The normalized spacial score (nSPS) is 13.4. The fourth-order valence-corrected chi connectivity index (χ4v) is 3.52.